The number of ether oxygens (including phenoxy) is 2. The fourth-order valence-electron chi connectivity index (χ4n) is 3.30. The second kappa shape index (κ2) is 10.3. The van der Waals surface area contributed by atoms with E-state index in [1.807, 2.05) is 30.3 Å². The van der Waals surface area contributed by atoms with Crippen molar-refractivity contribution in [2.24, 2.45) is 0 Å². The molecule has 0 aliphatic carbocycles. The number of fused-ring (bicyclic) bond motifs is 1. The van der Waals surface area contributed by atoms with Gasteiger partial charge in [0.1, 0.15) is 29.8 Å². The zero-order chi connectivity index (χ0) is 20.8. The molecule has 1 atom stereocenters. The predicted molar refractivity (Wildman–Crippen MR) is 119 cm³/mol. The van der Waals surface area contributed by atoms with E-state index < -0.39 is 6.10 Å². The van der Waals surface area contributed by atoms with Gasteiger partial charge < -0.3 is 24.9 Å². The Morgan fingerprint density at radius 2 is 2.07 bits per heavy atom. The number of H-pyrrole nitrogens is 1. The third-order valence-corrected chi connectivity index (χ3v) is 5.40. The number of nitrogens with zero attached hydrogens (tertiary/aromatic N) is 3. The Kier molecular flexibility index (Phi) is 7.29. The van der Waals surface area contributed by atoms with Crippen LogP contribution in [0.4, 0.5) is 0 Å². The van der Waals surface area contributed by atoms with Crippen LogP contribution in [0.15, 0.2) is 41.0 Å². The molecule has 0 spiro atoms. The van der Waals surface area contributed by atoms with Crippen molar-refractivity contribution in [3.8, 4) is 17.1 Å². The number of aliphatic hydroxyl groups is 1. The summed E-state index contributed by atoms with van der Waals surface area (Å²) in [5, 5.41) is 13.4. The Bertz CT molecular complexity index is 943. The van der Waals surface area contributed by atoms with Gasteiger partial charge in [0.25, 0.3) is 0 Å². The van der Waals surface area contributed by atoms with Crippen LogP contribution in [-0.2, 0) is 4.74 Å². The van der Waals surface area contributed by atoms with E-state index in [9.17, 15) is 5.11 Å². The number of hydrogen-bond donors (Lipinski definition) is 3. The molecular formula is C21H26BrN5O3. The van der Waals surface area contributed by atoms with Gasteiger partial charge in [0, 0.05) is 49.0 Å². The molecule has 1 saturated heterocycles. The van der Waals surface area contributed by atoms with Gasteiger partial charge in [-0.3, -0.25) is 4.90 Å². The summed E-state index contributed by atoms with van der Waals surface area (Å²) in [4.78, 5) is 14.5. The quantitative estimate of drug-likeness (QED) is 0.407. The number of hydrogen-bond acceptors (Lipinski definition) is 7. The number of morpholine rings is 1. The summed E-state index contributed by atoms with van der Waals surface area (Å²) in [6.07, 6.45) is 1.18. The van der Waals surface area contributed by atoms with Crippen LogP contribution in [0.2, 0.25) is 0 Å². The van der Waals surface area contributed by atoms with Crippen molar-refractivity contribution in [3.05, 3.63) is 41.0 Å². The van der Waals surface area contributed by atoms with E-state index in [0.717, 1.165) is 66.4 Å². The Morgan fingerprint density at radius 3 is 2.87 bits per heavy atom. The van der Waals surface area contributed by atoms with Crippen LogP contribution in [0, 0.1) is 0 Å². The monoisotopic (exact) mass is 475 g/mol. The van der Waals surface area contributed by atoms with Gasteiger partial charge >= 0.3 is 0 Å². The maximum absolute atomic E-state index is 10.1. The number of halogens is 1. The van der Waals surface area contributed by atoms with Crippen LogP contribution >= 0.6 is 15.9 Å². The first-order valence-electron chi connectivity index (χ1n) is 10.1. The first-order valence-corrected chi connectivity index (χ1v) is 10.9. The van der Waals surface area contributed by atoms with E-state index in [2.05, 4.69) is 41.1 Å². The Morgan fingerprint density at radius 1 is 1.27 bits per heavy atom. The lowest BCUT2D eigenvalue weighted by Gasteiger charge is -2.26. The van der Waals surface area contributed by atoms with Crippen LogP contribution in [0.5, 0.6) is 5.75 Å². The molecule has 1 aromatic carbocycles. The highest BCUT2D eigenvalue weighted by Gasteiger charge is 2.11. The second-order valence-corrected chi connectivity index (χ2v) is 8.17. The summed E-state index contributed by atoms with van der Waals surface area (Å²) in [7, 11) is 0. The average molecular weight is 476 g/mol. The number of aliphatic hydroxyl groups excluding tert-OH is 1. The van der Waals surface area contributed by atoms with E-state index in [1.165, 1.54) is 0 Å². The lowest BCUT2D eigenvalue weighted by Crippen LogP contribution is -2.41. The minimum absolute atomic E-state index is 0.243. The lowest BCUT2D eigenvalue weighted by atomic mass is 10.2. The summed E-state index contributed by atoms with van der Waals surface area (Å²) >= 11 is 3.41. The molecule has 0 bridgehead atoms. The topological polar surface area (TPSA) is 95.5 Å². The summed E-state index contributed by atoms with van der Waals surface area (Å²) in [5.41, 5.74) is 2.50. The van der Waals surface area contributed by atoms with Gasteiger partial charge in [-0.05, 0) is 46.3 Å². The van der Waals surface area contributed by atoms with Gasteiger partial charge in [0.05, 0.1) is 13.2 Å². The number of nitrogens with one attached hydrogen (secondary N) is 2. The molecule has 160 valence electrons. The van der Waals surface area contributed by atoms with Crippen LogP contribution in [0.25, 0.3) is 22.6 Å². The lowest BCUT2D eigenvalue weighted by molar-refractivity contribution is 0.0376. The van der Waals surface area contributed by atoms with Gasteiger partial charge in [-0.25, -0.2) is 9.97 Å². The second-order valence-electron chi connectivity index (χ2n) is 7.25. The standard InChI is InChI=1S/C21H26BrN5O3/c22-16-11-19-21(24-12-16)26-20(25-19)15-1-3-18(4-2-15)30-14-17(28)13-23-5-6-27-7-9-29-10-8-27/h1-4,11-12,17,23,28H,5-10,13-14H2,(H,24,25,26). The average Bonchev–Trinajstić information content (AvgIpc) is 3.19. The van der Waals surface area contributed by atoms with Crippen LogP contribution in [-0.4, -0.2) is 83.6 Å². The molecule has 3 heterocycles. The number of aromatic amines is 1. The minimum atomic E-state index is -0.561. The molecule has 0 amide bonds. The molecule has 8 nitrogen and oxygen atoms in total. The van der Waals surface area contributed by atoms with Crippen molar-refractivity contribution >= 4 is 27.1 Å². The summed E-state index contributed by atoms with van der Waals surface area (Å²) in [5.74, 6) is 1.47. The third kappa shape index (κ3) is 5.77. The zero-order valence-electron chi connectivity index (χ0n) is 16.7. The van der Waals surface area contributed by atoms with Gasteiger partial charge in [0.2, 0.25) is 0 Å². The molecule has 3 aromatic rings. The summed E-state index contributed by atoms with van der Waals surface area (Å²) in [6, 6.07) is 9.56. The number of aromatic nitrogens is 3. The van der Waals surface area contributed by atoms with E-state index in [1.54, 1.807) is 6.20 Å². The Balaban J connectivity index is 1.21. The minimum Gasteiger partial charge on any atom is -0.491 e. The number of pyridine rings is 1. The van der Waals surface area contributed by atoms with Crippen molar-refractivity contribution < 1.29 is 14.6 Å². The van der Waals surface area contributed by atoms with Crippen LogP contribution < -0.4 is 10.1 Å². The van der Waals surface area contributed by atoms with Crippen molar-refractivity contribution in [1.29, 1.82) is 0 Å². The van der Waals surface area contributed by atoms with E-state index in [4.69, 9.17) is 9.47 Å². The first-order chi connectivity index (χ1) is 14.7. The zero-order valence-corrected chi connectivity index (χ0v) is 18.3. The molecule has 2 aromatic heterocycles. The summed E-state index contributed by atoms with van der Waals surface area (Å²) in [6.45, 7) is 6.12. The molecular weight excluding hydrogens is 450 g/mol. The number of rotatable bonds is 9. The van der Waals surface area contributed by atoms with Crippen molar-refractivity contribution in [2.75, 3.05) is 52.5 Å². The normalized spacial score (nSPS) is 16.1. The molecule has 1 unspecified atom stereocenters. The fourth-order valence-corrected chi connectivity index (χ4v) is 3.62. The highest BCUT2D eigenvalue weighted by Crippen LogP contribution is 2.23. The van der Waals surface area contributed by atoms with Gasteiger partial charge in [0.15, 0.2) is 5.65 Å². The molecule has 1 aliphatic rings. The molecule has 1 fully saturated rings. The van der Waals surface area contributed by atoms with Gasteiger partial charge in [-0.1, -0.05) is 0 Å². The molecule has 30 heavy (non-hydrogen) atoms. The van der Waals surface area contributed by atoms with E-state index in [-0.39, 0.29) is 6.61 Å². The van der Waals surface area contributed by atoms with Crippen molar-refractivity contribution in [1.82, 2.24) is 25.2 Å². The molecule has 3 N–H and O–H groups in total. The van der Waals surface area contributed by atoms with Crippen molar-refractivity contribution in [3.63, 3.8) is 0 Å². The Labute approximate surface area is 183 Å². The van der Waals surface area contributed by atoms with Gasteiger partial charge in [-0.15, -0.1) is 0 Å². The smallest absolute Gasteiger partial charge is 0.157 e. The first kappa shape index (κ1) is 21.2. The largest absolute Gasteiger partial charge is 0.491 e. The molecule has 1 aliphatic heterocycles. The summed E-state index contributed by atoms with van der Waals surface area (Å²) < 4.78 is 11.9. The van der Waals surface area contributed by atoms with E-state index >= 15 is 0 Å². The van der Waals surface area contributed by atoms with E-state index in [0.29, 0.717) is 12.3 Å². The highest BCUT2D eigenvalue weighted by atomic mass is 79.9. The SMILES string of the molecule is OC(CNCCN1CCOCC1)COc1ccc(-c2nc3cc(Br)cnc3[nH]2)cc1. The maximum atomic E-state index is 10.1. The molecule has 4 rings (SSSR count). The molecule has 0 radical (unpaired) electrons. The third-order valence-electron chi connectivity index (χ3n) is 4.96. The maximum Gasteiger partial charge on any atom is 0.157 e. The number of imidazole rings is 1. The van der Waals surface area contributed by atoms with Crippen molar-refractivity contribution in [2.45, 2.75) is 6.10 Å². The van der Waals surface area contributed by atoms with Crippen LogP contribution in [0.1, 0.15) is 0 Å². The number of benzene rings is 1. The highest BCUT2D eigenvalue weighted by molar-refractivity contribution is 9.10. The predicted octanol–water partition coefficient (Wildman–Crippen LogP) is 2.05. The Hall–Kier alpha value is -2.04. The van der Waals surface area contributed by atoms with Crippen LogP contribution in [0.3, 0.4) is 0 Å². The van der Waals surface area contributed by atoms with Gasteiger partial charge in [-0.2, -0.15) is 0 Å². The molecule has 0 saturated carbocycles. The fraction of sp³-hybridized carbons (Fsp3) is 0.429. The molecule has 9 heteroatoms.